The zero-order valence-electron chi connectivity index (χ0n) is 35.9. The maximum absolute atomic E-state index is 12.4. The van der Waals surface area contributed by atoms with Crippen LogP contribution in [0, 0.1) is 0 Å². The zero-order chi connectivity index (χ0) is 43.0. The SMILES string of the molecule is COCCN1c2cc3c(cc2C(C)=CC1(C)C)C(=CC=CC1=[N+](CCCCCC(=O)ON2C(=O)CCC2=O)c2ccc(S(=O)(=O)[O-])cc2C1(C)C)C=C(c1ccccc1)O3.[Na+]. The van der Waals surface area contributed by atoms with E-state index in [0.717, 1.165) is 45.1 Å². The van der Waals surface area contributed by atoms with Crippen LogP contribution in [0.4, 0.5) is 11.4 Å². The summed E-state index contributed by atoms with van der Waals surface area (Å²) in [5.41, 5.74) is 7.67. The van der Waals surface area contributed by atoms with Gasteiger partial charge in [0.2, 0.25) is 5.69 Å². The minimum Gasteiger partial charge on any atom is -0.744 e. The number of hydroxylamine groups is 2. The summed E-state index contributed by atoms with van der Waals surface area (Å²) in [6.07, 6.45) is 12.3. The summed E-state index contributed by atoms with van der Waals surface area (Å²) in [4.78, 5) is 43.2. The van der Waals surface area contributed by atoms with Crippen molar-refractivity contribution in [2.45, 2.75) is 89.0 Å². The summed E-state index contributed by atoms with van der Waals surface area (Å²) in [7, 11) is -2.99. The Morgan fingerprint density at radius 3 is 2.38 bits per heavy atom. The fourth-order valence-electron chi connectivity index (χ4n) is 8.57. The normalized spacial score (nSPS) is 18.4. The molecule has 1 saturated heterocycles. The van der Waals surface area contributed by atoms with Crippen LogP contribution < -0.4 is 39.2 Å². The summed E-state index contributed by atoms with van der Waals surface area (Å²) in [6, 6.07) is 18.8. The number of rotatable bonds is 14. The van der Waals surface area contributed by atoms with Crippen molar-refractivity contribution in [2.24, 2.45) is 0 Å². The molecule has 0 aliphatic carbocycles. The monoisotopic (exact) mass is 856 g/mol. The number of methoxy groups -OCH3 is 1. The van der Waals surface area contributed by atoms with E-state index in [4.69, 9.17) is 14.3 Å². The first-order chi connectivity index (χ1) is 28.5. The van der Waals surface area contributed by atoms with E-state index in [1.54, 1.807) is 13.2 Å². The van der Waals surface area contributed by atoms with Crippen molar-refractivity contribution in [1.82, 2.24) is 5.06 Å². The number of benzene rings is 3. The van der Waals surface area contributed by atoms with Crippen LogP contribution in [0.5, 0.6) is 5.75 Å². The molecule has 0 N–H and O–H groups in total. The molecule has 0 radical (unpaired) electrons. The zero-order valence-corrected chi connectivity index (χ0v) is 38.8. The first-order valence-corrected chi connectivity index (χ1v) is 21.7. The molecule has 1 fully saturated rings. The van der Waals surface area contributed by atoms with Gasteiger partial charge >= 0.3 is 35.5 Å². The molecule has 0 bridgehead atoms. The van der Waals surface area contributed by atoms with Gasteiger partial charge in [-0.1, -0.05) is 48.6 Å². The largest absolute Gasteiger partial charge is 1.00 e. The molecule has 14 heteroatoms. The molecule has 4 heterocycles. The molecule has 0 atom stereocenters. The molecule has 12 nitrogen and oxygen atoms in total. The van der Waals surface area contributed by atoms with E-state index in [9.17, 15) is 27.4 Å². The number of hydrogen-bond acceptors (Lipinski definition) is 10. The maximum Gasteiger partial charge on any atom is 1.00 e. The fraction of sp³-hybridized carbons (Fsp3) is 0.362. The van der Waals surface area contributed by atoms with Crippen molar-refractivity contribution in [1.29, 1.82) is 0 Å². The quantitative estimate of drug-likeness (QED) is 0.0725. The van der Waals surface area contributed by atoms with Gasteiger partial charge in [0.25, 0.3) is 11.8 Å². The third kappa shape index (κ3) is 9.57. The standard InChI is InChI=1S/C47H51N3O9S.Na/c1-31-30-46(2,3)49(24-25-57-6)39-29-41-36(28-35(31)39)33(26-40(58-41)32-14-9-7-10-15-32)16-13-17-42-47(4,5)37-27-34(60(54,55)56)19-20-38(37)48(42)23-12-8-11-18-45(53)59-50-43(51)21-22-44(50)52;/h7,9-10,13-17,19-20,26-30H,8,11-12,18,21-25H2,1-6H3;/q;+1. The number of nitrogens with zero attached hydrogens (tertiary/aromatic N) is 3. The van der Waals surface area contributed by atoms with Crippen LogP contribution in [-0.2, 0) is 39.5 Å². The van der Waals surface area contributed by atoms with Crippen LogP contribution in [0.1, 0.15) is 95.4 Å². The minimum atomic E-state index is -4.70. The first-order valence-electron chi connectivity index (χ1n) is 20.3. The van der Waals surface area contributed by atoms with E-state index in [2.05, 4.69) is 54.5 Å². The Bertz CT molecular complexity index is 2500. The van der Waals surface area contributed by atoms with E-state index in [1.807, 2.05) is 62.4 Å². The van der Waals surface area contributed by atoms with Crippen molar-refractivity contribution < 1.29 is 75.8 Å². The number of carbonyl (C=O) groups excluding carboxylic acids is 3. The molecule has 0 unspecified atom stereocenters. The predicted octanol–water partition coefficient (Wildman–Crippen LogP) is 4.86. The molecule has 0 saturated carbocycles. The summed E-state index contributed by atoms with van der Waals surface area (Å²) in [5.74, 6) is -0.224. The van der Waals surface area contributed by atoms with Crippen molar-refractivity contribution in [2.75, 3.05) is 31.7 Å². The van der Waals surface area contributed by atoms with Gasteiger partial charge in [-0.05, 0) is 82.9 Å². The van der Waals surface area contributed by atoms with Crippen LogP contribution in [0.15, 0.2) is 95.9 Å². The molecule has 3 aromatic rings. The van der Waals surface area contributed by atoms with E-state index in [-0.39, 0.29) is 59.3 Å². The Hall–Kier alpha value is -4.63. The van der Waals surface area contributed by atoms with Gasteiger partial charge in [0, 0.05) is 85.5 Å². The number of allylic oxidation sites excluding steroid dienone is 6. The molecule has 4 aliphatic heterocycles. The number of anilines is 1. The second-order valence-corrected chi connectivity index (χ2v) is 18.0. The Morgan fingerprint density at radius 2 is 1.69 bits per heavy atom. The number of unbranched alkanes of at least 4 members (excludes halogenated alkanes) is 2. The second kappa shape index (κ2) is 18.4. The molecular weight excluding hydrogens is 806 g/mol. The van der Waals surface area contributed by atoms with Crippen LogP contribution >= 0.6 is 0 Å². The van der Waals surface area contributed by atoms with Crippen molar-refractivity contribution in [3.05, 3.63) is 113 Å². The number of fused-ring (bicyclic) bond motifs is 3. The van der Waals surface area contributed by atoms with Crippen molar-refractivity contribution >= 4 is 61.9 Å². The molecule has 314 valence electrons. The van der Waals surface area contributed by atoms with Gasteiger partial charge in [-0.2, -0.15) is 4.58 Å². The molecule has 0 spiro atoms. The van der Waals surface area contributed by atoms with Crippen molar-refractivity contribution in [3.8, 4) is 5.75 Å². The van der Waals surface area contributed by atoms with Gasteiger partial charge in [0.05, 0.1) is 22.5 Å². The summed E-state index contributed by atoms with van der Waals surface area (Å²) >= 11 is 0. The topological polar surface area (TPSA) is 146 Å². The molecule has 2 amide bonds. The van der Waals surface area contributed by atoms with Crippen LogP contribution in [0.3, 0.4) is 0 Å². The van der Waals surface area contributed by atoms with Crippen LogP contribution in [0.2, 0.25) is 0 Å². The number of carbonyl (C=O) groups is 3. The molecule has 0 aromatic heterocycles. The molecular formula is C47H51N3NaO9S+. The Morgan fingerprint density at radius 1 is 0.967 bits per heavy atom. The van der Waals surface area contributed by atoms with E-state index in [0.29, 0.717) is 55.3 Å². The van der Waals surface area contributed by atoms with Gasteiger partial charge in [0.15, 0.2) is 5.71 Å². The van der Waals surface area contributed by atoms with E-state index < -0.39 is 33.3 Å². The third-order valence-electron chi connectivity index (χ3n) is 11.6. The minimum absolute atomic E-state index is 0. The van der Waals surface area contributed by atoms with E-state index in [1.165, 1.54) is 17.7 Å². The summed E-state index contributed by atoms with van der Waals surface area (Å²) in [5, 5.41) is 0.562. The average Bonchev–Trinajstić information content (AvgIpc) is 3.62. The molecule has 61 heavy (non-hydrogen) atoms. The summed E-state index contributed by atoms with van der Waals surface area (Å²) in [6.45, 7) is 12.4. The number of amides is 2. The van der Waals surface area contributed by atoms with Gasteiger partial charge in [-0.25, -0.2) is 13.2 Å². The predicted molar refractivity (Wildman–Crippen MR) is 228 cm³/mol. The first kappa shape index (κ1) is 45.9. The Kier molecular flexibility index (Phi) is 13.8. The Balaban J connectivity index is 0.00000622. The third-order valence-corrected chi connectivity index (χ3v) is 12.4. The Labute approximate surface area is 380 Å². The number of ether oxygens (including phenoxy) is 2. The van der Waals surface area contributed by atoms with Gasteiger partial charge in [-0.15, -0.1) is 5.06 Å². The molecule has 3 aromatic carbocycles. The molecule has 7 rings (SSSR count). The van der Waals surface area contributed by atoms with E-state index >= 15 is 0 Å². The van der Waals surface area contributed by atoms with Gasteiger partial charge in [0.1, 0.15) is 28.2 Å². The number of hydrogen-bond donors (Lipinski definition) is 0. The summed E-state index contributed by atoms with van der Waals surface area (Å²) < 4.78 is 50.7. The average molecular weight is 857 g/mol. The second-order valence-electron chi connectivity index (χ2n) is 16.6. The van der Waals surface area contributed by atoms with Crippen LogP contribution in [0.25, 0.3) is 16.9 Å². The van der Waals surface area contributed by atoms with Gasteiger partial charge < -0.3 is 23.8 Å². The van der Waals surface area contributed by atoms with Gasteiger partial charge in [-0.3, -0.25) is 9.59 Å². The fourth-order valence-corrected chi connectivity index (χ4v) is 9.07. The molecule has 4 aliphatic rings. The smallest absolute Gasteiger partial charge is 0.744 e. The van der Waals surface area contributed by atoms with Crippen molar-refractivity contribution in [3.63, 3.8) is 0 Å². The maximum atomic E-state index is 12.4. The van der Waals surface area contributed by atoms with Crippen LogP contribution in [-0.4, -0.2) is 78.4 Å². The number of imide groups is 1.